The lowest BCUT2D eigenvalue weighted by Gasteiger charge is -2.09. The molecule has 0 aliphatic carbocycles. The second-order valence-corrected chi connectivity index (χ2v) is 5.97. The quantitative estimate of drug-likeness (QED) is 0.544. The van der Waals surface area contributed by atoms with Gasteiger partial charge in [-0.2, -0.15) is 8.42 Å². The summed E-state index contributed by atoms with van der Waals surface area (Å²) in [5.41, 5.74) is 0.547. The van der Waals surface area contributed by atoms with Gasteiger partial charge < -0.3 is 0 Å². The van der Waals surface area contributed by atoms with Crippen LogP contribution in [0.1, 0.15) is 5.56 Å². The molecule has 0 unspecified atom stereocenters. The van der Waals surface area contributed by atoms with E-state index in [4.69, 9.17) is 0 Å². The lowest BCUT2D eigenvalue weighted by atomic mass is 10.0. The van der Waals surface area contributed by atoms with E-state index in [9.17, 15) is 13.0 Å². The predicted molar refractivity (Wildman–Crippen MR) is 76.0 cm³/mol. The molecule has 4 heteroatoms. The van der Waals surface area contributed by atoms with E-state index in [2.05, 4.69) is 0 Å². The largest absolute Gasteiger partial charge is 0.295 e. The molecule has 0 aliphatic rings. The standard InChI is InChI=1S/C15H12O3S/c1-10-6-7-13-8-11-4-2-3-5-12(11)9-14(13)15(10)19(16,17)18/h2-9H,1H3,(H,16,17,18). The van der Waals surface area contributed by atoms with E-state index < -0.39 is 10.1 Å². The molecular formula is C15H12O3S. The first-order valence-corrected chi connectivity index (χ1v) is 7.30. The third-order valence-electron chi connectivity index (χ3n) is 3.29. The van der Waals surface area contributed by atoms with Crippen molar-refractivity contribution in [1.82, 2.24) is 0 Å². The molecule has 0 fully saturated rings. The van der Waals surface area contributed by atoms with Crippen LogP contribution >= 0.6 is 0 Å². The van der Waals surface area contributed by atoms with E-state index in [1.54, 1.807) is 19.1 Å². The summed E-state index contributed by atoms with van der Waals surface area (Å²) in [5, 5.41) is 3.35. The van der Waals surface area contributed by atoms with Crippen LogP contribution in [-0.4, -0.2) is 13.0 Å². The van der Waals surface area contributed by atoms with Crippen LogP contribution in [0.5, 0.6) is 0 Å². The Kier molecular flexibility index (Phi) is 2.59. The summed E-state index contributed by atoms with van der Waals surface area (Å²) in [7, 11) is -4.23. The molecule has 3 aromatic carbocycles. The zero-order chi connectivity index (χ0) is 13.6. The van der Waals surface area contributed by atoms with E-state index in [1.165, 1.54) is 0 Å². The molecule has 0 aromatic heterocycles. The molecule has 0 atom stereocenters. The van der Waals surface area contributed by atoms with Gasteiger partial charge in [0, 0.05) is 5.39 Å². The van der Waals surface area contributed by atoms with Crippen molar-refractivity contribution in [2.75, 3.05) is 0 Å². The number of fused-ring (bicyclic) bond motifs is 2. The van der Waals surface area contributed by atoms with Gasteiger partial charge in [-0.1, -0.05) is 36.4 Å². The van der Waals surface area contributed by atoms with Gasteiger partial charge in [-0.15, -0.1) is 0 Å². The SMILES string of the molecule is Cc1ccc2cc3ccccc3cc2c1S(=O)(=O)O. The minimum Gasteiger partial charge on any atom is -0.282 e. The lowest BCUT2D eigenvalue weighted by Crippen LogP contribution is -2.02. The predicted octanol–water partition coefficient (Wildman–Crippen LogP) is 3.55. The fourth-order valence-corrected chi connectivity index (χ4v) is 3.37. The van der Waals surface area contributed by atoms with Crippen LogP contribution < -0.4 is 0 Å². The van der Waals surface area contributed by atoms with Crippen LogP contribution in [0.15, 0.2) is 53.4 Å². The molecule has 3 rings (SSSR count). The Hall–Kier alpha value is -1.91. The second kappa shape index (κ2) is 4.05. The smallest absolute Gasteiger partial charge is 0.282 e. The van der Waals surface area contributed by atoms with E-state index in [0.29, 0.717) is 10.9 Å². The molecular weight excluding hydrogens is 260 g/mol. The first-order valence-electron chi connectivity index (χ1n) is 5.86. The first kappa shape index (κ1) is 12.1. The van der Waals surface area contributed by atoms with Gasteiger partial charge >= 0.3 is 0 Å². The zero-order valence-corrected chi connectivity index (χ0v) is 11.1. The highest BCUT2D eigenvalue weighted by atomic mass is 32.2. The third kappa shape index (κ3) is 1.99. The molecule has 0 bridgehead atoms. The molecule has 0 saturated carbocycles. The normalized spacial score (nSPS) is 12.1. The number of hydrogen-bond acceptors (Lipinski definition) is 2. The van der Waals surface area contributed by atoms with Crippen molar-refractivity contribution >= 4 is 31.7 Å². The van der Waals surface area contributed by atoms with E-state index >= 15 is 0 Å². The average Bonchev–Trinajstić information content (AvgIpc) is 2.34. The maximum atomic E-state index is 11.6. The average molecular weight is 272 g/mol. The van der Waals surface area contributed by atoms with Gasteiger partial charge in [0.1, 0.15) is 4.90 Å². The van der Waals surface area contributed by atoms with E-state index in [-0.39, 0.29) is 4.90 Å². The van der Waals surface area contributed by atoms with Crippen molar-refractivity contribution in [3.05, 3.63) is 54.1 Å². The van der Waals surface area contributed by atoms with Crippen LogP contribution in [0, 0.1) is 6.92 Å². The molecule has 0 aliphatic heterocycles. The zero-order valence-electron chi connectivity index (χ0n) is 10.3. The van der Waals surface area contributed by atoms with Gasteiger partial charge in [-0.3, -0.25) is 4.55 Å². The molecule has 19 heavy (non-hydrogen) atoms. The second-order valence-electron chi connectivity index (χ2n) is 4.61. The molecule has 0 saturated heterocycles. The van der Waals surface area contributed by atoms with Crippen LogP contribution in [0.4, 0.5) is 0 Å². The summed E-state index contributed by atoms with van der Waals surface area (Å²) in [6, 6.07) is 15.0. The molecule has 0 heterocycles. The van der Waals surface area contributed by atoms with Crippen molar-refractivity contribution in [3.8, 4) is 0 Å². The maximum absolute atomic E-state index is 11.6. The van der Waals surface area contributed by atoms with Crippen molar-refractivity contribution in [2.45, 2.75) is 11.8 Å². The monoisotopic (exact) mass is 272 g/mol. The number of hydrogen-bond donors (Lipinski definition) is 1. The van der Waals surface area contributed by atoms with Gasteiger partial charge in [-0.25, -0.2) is 0 Å². The lowest BCUT2D eigenvalue weighted by molar-refractivity contribution is 0.483. The van der Waals surface area contributed by atoms with E-state index in [1.807, 2.05) is 36.4 Å². The molecule has 3 nitrogen and oxygen atoms in total. The number of aryl methyl sites for hydroxylation is 1. The van der Waals surface area contributed by atoms with E-state index in [0.717, 1.165) is 16.2 Å². The summed E-state index contributed by atoms with van der Waals surface area (Å²) in [4.78, 5) is -0.00393. The topological polar surface area (TPSA) is 54.4 Å². The first-order chi connectivity index (χ1) is 8.97. The van der Waals surface area contributed by atoms with Gasteiger partial charge in [0.25, 0.3) is 10.1 Å². The summed E-state index contributed by atoms with van der Waals surface area (Å²) in [6.07, 6.45) is 0. The van der Waals surface area contributed by atoms with Gasteiger partial charge in [0.2, 0.25) is 0 Å². The number of benzene rings is 3. The molecule has 0 radical (unpaired) electrons. The van der Waals surface area contributed by atoms with Crippen molar-refractivity contribution < 1.29 is 13.0 Å². The molecule has 1 N–H and O–H groups in total. The Morgan fingerprint density at radius 1 is 0.895 bits per heavy atom. The summed E-state index contributed by atoms with van der Waals surface area (Å²) in [6.45, 7) is 1.68. The Bertz CT molecular complexity index is 896. The van der Waals surface area contributed by atoms with Gasteiger partial charge in [0.15, 0.2) is 0 Å². The van der Waals surface area contributed by atoms with Crippen LogP contribution in [0.2, 0.25) is 0 Å². The van der Waals surface area contributed by atoms with Gasteiger partial charge in [-0.05, 0) is 40.8 Å². The van der Waals surface area contributed by atoms with Crippen molar-refractivity contribution in [2.24, 2.45) is 0 Å². The summed E-state index contributed by atoms with van der Waals surface area (Å²) in [5.74, 6) is 0. The third-order valence-corrected chi connectivity index (χ3v) is 4.35. The van der Waals surface area contributed by atoms with Crippen LogP contribution in [0.3, 0.4) is 0 Å². The molecule has 96 valence electrons. The fraction of sp³-hybridized carbons (Fsp3) is 0.0667. The van der Waals surface area contributed by atoms with Crippen molar-refractivity contribution in [1.29, 1.82) is 0 Å². The summed E-state index contributed by atoms with van der Waals surface area (Å²) < 4.78 is 32.5. The van der Waals surface area contributed by atoms with Gasteiger partial charge in [0.05, 0.1) is 0 Å². The minimum atomic E-state index is -4.23. The Balaban J connectivity index is 2.55. The highest BCUT2D eigenvalue weighted by Gasteiger charge is 2.17. The molecule has 3 aromatic rings. The highest BCUT2D eigenvalue weighted by molar-refractivity contribution is 7.86. The van der Waals surface area contributed by atoms with Crippen molar-refractivity contribution in [3.63, 3.8) is 0 Å². The fourth-order valence-electron chi connectivity index (χ4n) is 2.44. The molecule has 0 spiro atoms. The van der Waals surface area contributed by atoms with Crippen LogP contribution in [-0.2, 0) is 10.1 Å². The maximum Gasteiger partial charge on any atom is 0.295 e. The summed E-state index contributed by atoms with van der Waals surface area (Å²) >= 11 is 0. The Morgan fingerprint density at radius 2 is 1.53 bits per heavy atom. The van der Waals surface area contributed by atoms with Crippen LogP contribution in [0.25, 0.3) is 21.5 Å². The Labute approximate surface area is 111 Å². The minimum absolute atomic E-state index is 0.00393. The number of rotatable bonds is 1. The molecule has 0 amide bonds. The Morgan fingerprint density at radius 3 is 2.16 bits per heavy atom. The highest BCUT2D eigenvalue weighted by Crippen LogP contribution is 2.30.